The van der Waals surface area contributed by atoms with Gasteiger partial charge in [-0.1, -0.05) is 0 Å². The quantitative estimate of drug-likeness (QED) is 0.708. The highest BCUT2D eigenvalue weighted by Crippen LogP contribution is 2.20. The predicted octanol–water partition coefficient (Wildman–Crippen LogP) is 3.40. The number of carbonyl (C=O) groups is 2. The van der Waals surface area contributed by atoms with Gasteiger partial charge in [0.05, 0.1) is 17.4 Å². The molecule has 0 aliphatic heterocycles. The minimum atomic E-state index is -1.11. The molecule has 1 aromatic heterocycles. The number of aromatic carboxylic acids is 1. The average Bonchev–Trinajstić information content (AvgIpc) is 2.42. The zero-order valence-electron chi connectivity index (χ0n) is 9.93. The second kappa shape index (κ2) is 6.31. The zero-order chi connectivity index (χ0) is 14.7. The number of hydrogen-bond donors (Lipinski definition) is 2. The van der Waals surface area contributed by atoms with Crippen molar-refractivity contribution in [2.75, 3.05) is 5.32 Å². The van der Waals surface area contributed by atoms with Crippen LogP contribution >= 0.6 is 38.5 Å². The number of halogens is 2. The molecule has 0 spiro atoms. The molecule has 7 heteroatoms. The molecule has 2 N–H and O–H groups in total. The van der Waals surface area contributed by atoms with E-state index in [4.69, 9.17) is 5.11 Å². The standard InChI is InChI=1S/C13H8BrIN2O3/c14-10-3-1-7(15)5-9(10)12(18)17-8-2-4-11(13(19)20)16-6-8/h1-6H,(H,17,18)(H,19,20). The maximum Gasteiger partial charge on any atom is 0.354 e. The Kier molecular flexibility index (Phi) is 4.71. The number of nitrogens with one attached hydrogen (secondary N) is 1. The number of nitrogens with zero attached hydrogens (tertiary/aromatic N) is 1. The van der Waals surface area contributed by atoms with Crippen LogP contribution in [0.2, 0.25) is 0 Å². The molecule has 1 heterocycles. The highest BCUT2D eigenvalue weighted by molar-refractivity contribution is 14.1. The molecule has 0 bridgehead atoms. The van der Waals surface area contributed by atoms with Gasteiger partial charge in [-0.05, 0) is 68.9 Å². The highest BCUT2D eigenvalue weighted by Gasteiger charge is 2.11. The van der Waals surface area contributed by atoms with Gasteiger partial charge in [-0.2, -0.15) is 0 Å². The van der Waals surface area contributed by atoms with Crippen LogP contribution in [0.5, 0.6) is 0 Å². The molecule has 0 saturated carbocycles. The normalized spacial score (nSPS) is 10.1. The van der Waals surface area contributed by atoms with Crippen molar-refractivity contribution in [1.29, 1.82) is 0 Å². The smallest absolute Gasteiger partial charge is 0.354 e. The third-order valence-corrected chi connectivity index (χ3v) is 3.78. The van der Waals surface area contributed by atoms with Crippen LogP contribution in [-0.2, 0) is 0 Å². The van der Waals surface area contributed by atoms with E-state index < -0.39 is 5.97 Å². The number of carbonyl (C=O) groups excluding carboxylic acids is 1. The van der Waals surface area contributed by atoms with Crippen molar-refractivity contribution in [3.63, 3.8) is 0 Å². The summed E-state index contributed by atoms with van der Waals surface area (Å²) in [4.78, 5) is 26.5. The van der Waals surface area contributed by atoms with E-state index in [1.54, 1.807) is 12.1 Å². The second-order valence-corrected chi connectivity index (χ2v) is 5.92. The Bertz CT molecular complexity index is 674. The Morgan fingerprint density at radius 2 is 2.00 bits per heavy atom. The number of hydrogen-bond acceptors (Lipinski definition) is 3. The van der Waals surface area contributed by atoms with Gasteiger partial charge in [0.2, 0.25) is 0 Å². The van der Waals surface area contributed by atoms with E-state index in [1.165, 1.54) is 18.3 Å². The van der Waals surface area contributed by atoms with Gasteiger partial charge in [-0.25, -0.2) is 9.78 Å². The van der Waals surface area contributed by atoms with Crippen LogP contribution in [0.3, 0.4) is 0 Å². The number of carboxylic acids is 1. The fourth-order valence-electron chi connectivity index (χ4n) is 1.46. The summed E-state index contributed by atoms with van der Waals surface area (Å²) in [5, 5.41) is 11.4. The van der Waals surface area contributed by atoms with E-state index in [0.29, 0.717) is 15.7 Å². The molecule has 2 rings (SSSR count). The Balaban J connectivity index is 2.19. The molecule has 0 unspecified atom stereocenters. The molecule has 0 aliphatic rings. The lowest BCUT2D eigenvalue weighted by Crippen LogP contribution is -2.13. The van der Waals surface area contributed by atoms with E-state index in [9.17, 15) is 9.59 Å². The number of anilines is 1. The van der Waals surface area contributed by atoms with Crippen LogP contribution in [0.1, 0.15) is 20.8 Å². The molecule has 0 saturated heterocycles. The average molecular weight is 447 g/mol. The number of pyridine rings is 1. The van der Waals surface area contributed by atoms with Gasteiger partial charge in [0.1, 0.15) is 5.69 Å². The summed E-state index contributed by atoms with van der Waals surface area (Å²) in [6.45, 7) is 0. The summed E-state index contributed by atoms with van der Waals surface area (Å²) in [7, 11) is 0. The Hall–Kier alpha value is -1.48. The first-order chi connectivity index (χ1) is 9.47. The molecule has 20 heavy (non-hydrogen) atoms. The molecular formula is C13H8BrIN2O3. The lowest BCUT2D eigenvalue weighted by atomic mass is 10.2. The van der Waals surface area contributed by atoms with Crippen molar-refractivity contribution >= 4 is 56.1 Å². The van der Waals surface area contributed by atoms with Crippen molar-refractivity contribution in [2.45, 2.75) is 0 Å². The van der Waals surface area contributed by atoms with Crippen molar-refractivity contribution in [1.82, 2.24) is 4.98 Å². The maximum absolute atomic E-state index is 12.1. The molecule has 0 radical (unpaired) electrons. The largest absolute Gasteiger partial charge is 0.477 e. The first-order valence-electron chi connectivity index (χ1n) is 5.43. The number of benzene rings is 1. The molecule has 0 aliphatic carbocycles. The second-order valence-electron chi connectivity index (χ2n) is 3.82. The minimum absolute atomic E-state index is 0.0709. The van der Waals surface area contributed by atoms with Gasteiger partial charge in [0.25, 0.3) is 5.91 Å². The summed E-state index contributed by atoms with van der Waals surface area (Å²) < 4.78 is 1.63. The number of aromatic nitrogens is 1. The van der Waals surface area contributed by atoms with Crippen LogP contribution in [0, 0.1) is 3.57 Å². The molecule has 1 amide bonds. The van der Waals surface area contributed by atoms with Crippen molar-refractivity contribution in [3.05, 3.63) is 55.8 Å². The minimum Gasteiger partial charge on any atom is -0.477 e. The van der Waals surface area contributed by atoms with Crippen molar-refractivity contribution in [2.24, 2.45) is 0 Å². The molecule has 5 nitrogen and oxygen atoms in total. The number of amides is 1. The van der Waals surface area contributed by atoms with Crippen LogP contribution in [0.15, 0.2) is 41.0 Å². The van der Waals surface area contributed by atoms with Gasteiger partial charge in [-0.3, -0.25) is 4.79 Å². The van der Waals surface area contributed by atoms with E-state index in [0.717, 1.165) is 3.57 Å². The van der Waals surface area contributed by atoms with Crippen LogP contribution in [0.4, 0.5) is 5.69 Å². The van der Waals surface area contributed by atoms with Crippen molar-refractivity contribution < 1.29 is 14.7 Å². The molecule has 0 fully saturated rings. The molecule has 1 aromatic carbocycles. The fraction of sp³-hybridized carbons (Fsp3) is 0. The van der Waals surface area contributed by atoms with Gasteiger partial charge in [-0.15, -0.1) is 0 Å². The SMILES string of the molecule is O=C(O)c1ccc(NC(=O)c2cc(I)ccc2Br)cn1. The van der Waals surface area contributed by atoms with Gasteiger partial charge in [0.15, 0.2) is 0 Å². The summed E-state index contributed by atoms with van der Waals surface area (Å²) in [5.41, 5.74) is 0.864. The predicted molar refractivity (Wildman–Crippen MR) is 86.0 cm³/mol. The topological polar surface area (TPSA) is 79.3 Å². The number of carboxylic acid groups (broad SMARTS) is 1. The lowest BCUT2D eigenvalue weighted by molar-refractivity contribution is 0.0690. The van der Waals surface area contributed by atoms with Gasteiger partial charge < -0.3 is 10.4 Å². The third-order valence-electron chi connectivity index (χ3n) is 2.41. The Labute approximate surface area is 136 Å². The summed E-state index contributed by atoms with van der Waals surface area (Å²) >= 11 is 5.44. The van der Waals surface area contributed by atoms with Crippen LogP contribution in [0.25, 0.3) is 0 Å². The van der Waals surface area contributed by atoms with Gasteiger partial charge >= 0.3 is 5.97 Å². The summed E-state index contributed by atoms with van der Waals surface area (Å²) in [5.74, 6) is -1.40. The van der Waals surface area contributed by atoms with E-state index >= 15 is 0 Å². The van der Waals surface area contributed by atoms with Crippen molar-refractivity contribution in [3.8, 4) is 0 Å². The highest BCUT2D eigenvalue weighted by atomic mass is 127. The summed E-state index contributed by atoms with van der Waals surface area (Å²) in [6, 6.07) is 8.25. The van der Waals surface area contributed by atoms with Crippen LogP contribution in [-0.4, -0.2) is 22.0 Å². The first-order valence-corrected chi connectivity index (χ1v) is 7.30. The van der Waals surface area contributed by atoms with Gasteiger partial charge in [0, 0.05) is 8.04 Å². The Morgan fingerprint density at radius 1 is 1.25 bits per heavy atom. The first kappa shape index (κ1) is 14.9. The molecule has 0 atom stereocenters. The molecular weight excluding hydrogens is 439 g/mol. The monoisotopic (exact) mass is 446 g/mol. The van der Waals surface area contributed by atoms with E-state index in [-0.39, 0.29) is 11.6 Å². The van der Waals surface area contributed by atoms with E-state index in [1.807, 2.05) is 6.07 Å². The third kappa shape index (κ3) is 3.54. The number of rotatable bonds is 3. The maximum atomic E-state index is 12.1. The van der Waals surface area contributed by atoms with E-state index in [2.05, 4.69) is 48.8 Å². The Morgan fingerprint density at radius 3 is 2.60 bits per heavy atom. The zero-order valence-corrected chi connectivity index (χ0v) is 13.7. The molecule has 102 valence electrons. The summed E-state index contributed by atoms with van der Waals surface area (Å²) in [6.07, 6.45) is 1.31. The van der Waals surface area contributed by atoms with Crippen LogP contribution < -0.4 is 5.32 Å². The lowest BCUT2D eigenvalue weighted by Gasteiger charge is -2.07. The fourth-order valence-corrected chi connectivity index (χ4v) is 2.38. The molecule has 2 aromatic rings.